The minimum atomic E-state index is -0.936. The van der Waals surface area contributed by atoms with Crippen molar-refractivity contribution in [2.24, 2.45) is 0 Å². The van der Waals surface area contributed by atoms with E-state index in [9.17, 15) is 9.59 Å². The van der Waals surface area contributed by atoms with Crippen molar-refractivity contribution in [1.82, 2.24) is 5.32 Å². The van der Waals surface area contributed by atoms with Gasteiger partial charge in [0.25, 0.3) is 0 Å². The van der Waals surface area contributed by atoms with Crippen molar-refractivity contribution in [1.29, 1.82) is 0 Å². The van der Waals surface area contributed by atoms with Crippen LogP contribution in [0.5, 0.6) is 0 Å². The molecule has 22 heavy (non-hydrogen) atoms. The van der Waals surface area contributed by atoms with E-state index in [2.05, 4.69) is 12.2 Å². The SMILES string of the molecule is CCCCCCCCCC(=O)NCc1ccc(C(=O)O)cc1. The van der Waals surface area contributed by atoms with Crippen LogP contribution in [0.15, 0.2) is 24.3 Å². The maximum atomic E-state index is 11.7. The molecule has 0 atom stereocenters. The molecule has 0 spiro atoms. The summed E-state index contributed by atoms with van der Waals surface area (Å²) in [5, 5.41) is 11.7. The average Bonchev–Trinajstić information content (AvgIpc) is 2.52. The van der Waals surface area contributed by atoms with Gasteiger partial charge in [0, 0.05) is 13.0 Å². The van der Waals surface area contributed by atoms with Gasteiger partial charge in [-0.15, -0.1) is 0 Å². The molecule has 0 heterocycles. The van der Waals surface area contributed by atoms with Gasteiger partial charge in [0.15, 0.2) is 0 Å². The van der Waals surface area contributed by atoms with Gasteiger partial charge in [0.2, 0.25) is 5.91 Å². The van der Waals surface area contributed by atoms with Crippen molar-refractivity contribution >= 4 is 11.9 Å². The molecule has 0 aliphatic rings. The van der Waals surface area contributed by atoms with Crippen LogP contribution in [-0.2, 0) is 11.3 Å². The van der Waals surface area contributed by atoms with Crippen molar-refractivity contribution in [3.8, 4) is 0 Å². The van der Waals surface area contributed by atoms with E-state index in [4.69, 9.17) is 5.11 Å². The molecule has 0 radical (unpaired) electrons. The number of unbranched alkanes of at least 4 members (excludes halogenated alkanes) is 6. The molecule has 0 aliphatic carbocycles. The maximum Gasteiger partial charge on any atom is 0.335 e. The number of hydrogen-bond donors (Lipinski definition) is 2. The molecule has 0 aliphatic heterocycles. The first-order valence-corrected chi connectivity index (χ1v) is 8.22. The van der Waals surface area contributed by atoms with Crippen LogP contribution in [0.25, 0.3) is 0 Å². The second kappa shape index (κ2) is 10.8. The van der Waals surface area contributed by atoms with E-state index >= 15 is 0 Å². The van der Waals surface area contributed by atoms with Crippen LogP contribution in [-0.4, -0.2) is 17.0 Å². The molecule has 0 bridgehead atoms. The van der Waals surface area contributed by atoms with Crippen molar-refractivity contribution in [2.75, 3.05) is 0 Å². The van der Waals surface area contributed by atoms with Gasteiger partial charge in [-0.3, -0.25) is 4.79 Å². The monoisotopic (exact) mass is 305 g/mol. The lowest BCUT2D eigenvalue weighted by molar-refractivity contribution is -0.121. The molecule has 1 rings (SSSR count). The van der Waals surface area contributed by atoms with Crippen molar-refractivity contribution in [3.63, 3.8) is 0 Å². The summed E-state index contributed by atoms with van der Waals surface area (Å²) in [4.78, 5) is 22.5. The number of amides is 1. The maximum absolute atomic E-state index is 11.7. The Morgan fingerprint density at radius 3 is 2.14 bits per heavy atom. The van der Waals surface area contributed by atoms with E-state index in [0.717, 1.165) is 18.4 Å². The van der Waals surface area contributed by atoms with E-state index in [1.165, 1.54) is 32.1 Å². The Bertz CT molecular complexity index is 454. The number of hydrogen-bond acceptors (Lipinski definition) is 2. The molecule has 4 nitrogen and oxygen atoms in total. The number of carbonyl (C=O) groups excluding carboxylic acids is 1. The predicted molar refractivity (Wildman–Crippen MR) is 87.9 cm³/mol. The standard InChI is InChI=1S/C18H27NO3/c1-2-3-4-5-6-7-8-9-17(20)19-14-15-10-12-16(13-11-15)18(21)22/h10-13H,2-9,14H2,1H3,(H,19,20)(H,21,22). The molecule has 0 unspecified atom stereocenters. The summed E-state index contributed by atoms with van der Waals surface area (Å²) in [5.74, 6) is -0.870. The minimum Gasteiger partial charge on any atom is -0.478 e. The second-order valence-corrected chi connectivity index (χ2v) is 5.65. The van der Waals surface area contributed by atoms with E-state index in [0.29, 0.717) is 13.0 Å². The molecule has 0 saturated heterocycles. The van der Waals surface area contributed by atoms with Crippen LogP contribution >= 0.6 is 0 Å². The Morgan fingerprint density at radius 2 is 1.55 bits per heavy atom. The van der Waals surface area contributed by atoms with Crippen LogP contribution in [0.1, 0.15) is 74.2 Å². The third-order valence-corrected chi connectivity index (χ3v) is 3.70. The Balaban J connectivity index is 2.11. The van der Waals surface area contributed by atoms with Gasteiger partial charge in [-0.2, -0.15) is 0 Å². The highest BCUT2D eigenvalue weighted by Gasteiger charge is 2.04. The Kier molecular flexibility index (Phi) is 8.96. The first-order valence-electron chi connectivity index (χ1n) is 8.22. The van der Waals surface area contributed by atoms with Crippen LogP contribution in [0.2, 0.25) is 0 Å². The van der Waals surface area contributed by atoms with Gasteiger partial charge in [0.05, 0.1) is 5.56 Å². The zero-order valence-electron chi connectivity index (χ0n) is 13.4. The number of rotatable bonds is 11. The quantitative estimate of drug-likeness (QED) is 0.604. The molecule has 1 amide bonds. The van der Waals surface area contributed by atoms with Crippen molar-refractivity contribution < 1.29 is 14.7 Å². The smallest absolute Gasteiger partial charge is 0.335 e. The predicted octanol–water partition coefficient (Wildman–Crippen LogP) is 4.14. The first-order chi connectivity index (χ1) is 10.6. The fourth-order valence-corrected chi connectivity index (χ4v) is 2.30. The normalized spacial score (nSPS) is 10.4. The van der Waals surface area contributed by atoms with Crippen LogP contribution < -0.4 is 5.32 Å². The van der Waals surface area contributed by atoms with Crippen molar-refractivity contribution in [3.05, 3.63) is 35.4 Å². The highest BCUT2D eigenvalue weighted by molar-refractivity contribution is 5.87. The lowest BCUT2D eigenvalue weighted by Crippen LogP contribution is -2.22. The molecule has 1 aromatic carbocycles. The Labute approximate surface area is 132 Å². The molecular formula is C18H27NO3. The van der Waals surface area contributed by atoms with Gasteiger partial charge < -0.3 is 10.4 Å². The highest BCUT2D eigenvalue weighted by Crippen LogP contribution is 2.08. The molecular weight excluding hydrogens is 278 g/mol. The molecule has 0 fully saturated rings. The first kappa shape index (κ1) is 18.2. The average molecular weight is 305 g/mol. The Hall–Kier alpha value is -1.84. The molecule has 0 aromatic heterocycles. The number of benzene rings is 1. The van der Waals surface area contributed by atoms with Crippen molar-refractivity contribution in [2.45, 2.75) is 64.8 Å². The van der Waals surface area contributed by atoms with Gasteiger partial charge in [-0.05, 0) is 24.1 Å². The second-order valence-electron chi connectivity index (χ2n) is 5.65. The molecule has 2 N–H and O–H groups in total. The summed E-state index contributed by atoms with van der Waals surface area (Å²) in [7, 11) is 0. The molecule has 0 saturated carbocycles. The fourth-order valence-electron chi connectivity index (χ4n) is 2.30. The van der Waals surface area contributed by atoms with E-state index in [1.807, 2.05) is 0 Å². The largest absolute Gasteiger partial charge is 0.478 e. The van der Waals surface area contributed by atoms with Gasteiger partial charge >= 0.3 is 5.97 Å². The topological polar surface area (TPSA) is 66.4 Å². The number of nitrogens with one attached hydrogen (secondary N) is 1. The number of carboxylic acid groups (broad SMARTS) is 1. The number of carboxylic acids is 1. The summed E-state index contributed by atoms with van der Waals surface area (Å²) in [5.41, 5.74) is 1.18. The van der Waals surface area contributed by atoms with E-state index < -0.39 is 5.97 Å². The zero-order chi connectivity index (χ0) is 16.2. The Morgan fingerprint density at radius 1 is 0.955 bits per heavy atom. The van der Waals surface area contributed by atoms with Gasteiger partial charge in [0.1, 0.15) is 0 Å². The molecule has 122 valence electrons. The summed E-state index contributed by atoms with van der Waals surface area (Å²) < 4.78 is 0. The zero-order valence-corrected chi connectivity index (χ0v) is 13.4. The fraction of sp³-hybridized carbons (Fsp3) is 0.556. The van der Waals surface area contributed by atoms with Gasteiger partial charge in [-0.1, -0.05) is 57.6 Å². The number of aromatic carboxylic acids is 1. The lowest BCUT2D eigenvalue weighted by atomic mass is 10.1. The van der Waals surface area contributed by atoms with Gasteiger partial charge in [-0.25, -0.2) is 4.79 Å². The summed E-state index contributed by atoms with van der Waals surface area (Å²) >= 11 is 0. The summed E-state index contributed by atoms with van der Waals surface area (Å²) in [6, 6.07) is 6.58. The third-order valence-electron chi connectivity index (χ3n) is 3.70. The minimum absolute atomic E-state index is 0.0656. The van der Waals surface area contributed by atoms with Crippen LogP contribution in [0, 0.1) is 0 Å². The van der Waals surface area contributed by atoms with E-state index in [-0.39, 0.29) is 11.5 Å². The third kappa shape index (κ3) is 7.81. The highest BCUT2D eigenvalue weighted by atomic mass is 16.4. The lowest BCUT2D eigenvalue weighted by Gasteiger charge is -2.06. The van der Waals surface area contributed by atoms with Crippen LogP contribution in [0.3, 0.4) is 0 Å². The van der Waals surface area contributed by atoms with Crippen LogP contribution in [0.4, 0.5) is 0 Å². The summed E-state index contributed by atoms with van der Waals surface area (Å²) in [6.45, 7) is 2.66. The molecule has 4 heteroatoms. The summed E-state index contributed by atoms with van der Waals surface area (Å²) in [6.07, 6.45) is 8.97. The number of carbonyl (C=O) groups is 2. The molecule has 1 aromatic rings. The van der Waals surface area contributed by atoms with E-state index in [1.54, 1.807) is 24.3 Å².